The first-order valence-corrected chi connectivity index (χ1v) is 10.2. The second-order valence-electron chi connectivity index (χ2n) is 5.71. The Morgan fingerprint density at radius 2 is 1.82 bits per heavy atom. The summed E-state index contributed by atoms with van der Waals surface area (Å²) in [6.45, 7) is 4.54. The lowest BCUT2D eigenvalue weighted by Crippen LogP contribution is -1.89. The van der Waals surface area contributed by atoms with Gasteiger partial charge in [0, 0.05) is 29.2 Å². The number of aromatic nitrogens is 2. The Morgan fingerprint density at radius 1 is 1.05 bits per heavy atom. The van der Waals surface area contributed by atoms with Crippen LogP contribution >= 0.6 is 50.3 Å². The molecular formula is C16H13BrN2S3. The highest BCUT2D eigenvalue weighted by Gasteiger charge is 2.14. The zero-order valence-electron chi connectivity index (χ0n) is 12.1. The zero-order valence-corrected chi connectivity index (χ0v) is 16.1. The molecule has 1 aromatic carbocycles. The van der Waals surface area contributed by atoms with E-state index in [1.54, 1.807) is 0 Å². The number of halogens is 1. The zero-order chi connectivity index (χ0) is 15.3. The quantitative estimate of drug-likeness (QED) is 0.381. The molecule has 4 rings (SSSR count). The van der Waals surface area contributed by atoms with Gasteiger partial charge >= 0.3 is 0 Å². The van der Waals surface area contributed by atoms with Gasteiger partial charge in [-0.15, -0.1) is 22.7 Å². The van der Waals surface area contributed by atoms with Gasteiger partial charge < -0.3 is 0 Å². The Labute approximate surface area is 149 Å². The average molecular weight is 409 g/mol. The van der Waals surface area contributed by atoms with Crippen molar-refractivity contribution in [2.45, 2.75) is 20.3 Å². The smallest absolute Gasteiger partial charge is 0.119 e. The molecule has 22 heavy (non-hydrogen) atoms. The molecule has 0 N–H and O–H groups in total. The molecule has 0 radical (unpaired) electrons. The summed E-state index contributed by atoms with van der Waals surface area (Å²) in [7, 11) is 0. The van der Waals surface area contributed by atoms with Gasteiger partial charge in [0.15, 0.2) is 0 Å². The van der Waals surface area contributed by atoms with Crippen LogP contribution in [0.25, 0.3) is 30.9 Å². The standard InChI is InChI=1S/C16H13BrN2S3/c1-8(2)5-9-6-13-14(20-9)7-12(21-13)10-3-4-11(17)16-15(10)18-22-19-16/h3-4,6-8H,5H2,1-2H3. The van der Waals surface area contributed by atoms with Crippen molar-refractivity contribution in [1.82, 2.24) is 8.75 Å². The van der Waals surface area contributed by atoms with Gasteiger partial charge in [-0.2, -0.15) is 8.75 Å². The van der Waals surface area contributed by atoms with Crippen LogP contribution in [0.1, 0.15) is 18.7 Å². The largest absolute Gasteiger partial charge is 0.172 e. The lowest BCUT2D eigenvalue weighted by molar-refractivity contribution is 0.654. The van der Waals surface area contributed by atoms with E-state index in [-0.39, 0.29) is 0 Å². The number of rotatable bonds is 3. The summed E-state index contributed by atoms with van der Waals surface area (Å²) in [6.07, 6.45) is 1.17. The van der Waals surface area contributed by atoms with E-state index in [1.807, 2.05) is 22.7 Å². The Morgan fingerprint density at radius 3 is 2.59 bits per heavy atom. The van der Waals surface area contributed by atoms with Gasteiger partial charge in [-0.1, -0.05) is 19.9 Å². The third-order valence-corrected chi connectivity index (χ3v) is 7.02. The summed E-state index contributed by atoms with van der Waals surface area (Å²) in [4.78, 5) is 2.77. The van der Waals surface area contributed by atoms with Crippen LogP contribution in [0.3, 0.4) is 0 Å². The summed E-state index contributed by atoms with van der Waals surface area (Å²) in [5, 5.41) is 0. The molecule has 0 aliphatic heterocycles. The predicted molar refractivity (Wildman–Crippen MR) is 102 cm³/mol. The normalized spacial score (nSPS) is 12.0. The average Bonchev–Trinajstić information content (AvgIpc) is 3.12. The fourth-order valence-electron chi connectivity index (χ4n) is 2.56. The number of thiophene rings is 2. The van der Waals surface area contributed by atoms with Crippen LogP contribution < -0.4 is 0 Å². The number of hydrogen-bond donors (Lipinski definition) is 0. The van der Waals surface area contributed by atoms with Crippen molar-refractivity contribution >= 4 is 70.8 Å². The van der Waals surface area contributed by atoms with Crippen molar-refractivity contribution in [3.63, 3.8) is 0 Å². The lowest BCUT2D eigenvalue weighted by Gasteiger charge is -2.00. The minimum atomic E-state index is 0.708. The van der Waals surface area contributed by atoms with Crippen molar-refractivity contribution in [3.05, 3.63) is 33.6 Å². The molecule has 0 spiro atoms. The van der Waals surface area contributed by atoms with E-state index in [0.717, 1.165) is 15.5 Å². The number of benzene rings is 1. The molecule has 0 amide bonds. The van der Waals surface area contributed by atoms with E-state index in [9.17, 15) is 0 Å². The molecule has 0 saturated carbocycles. The van der Waals surface area contributed by atoms with E-state index >= 15 is 0 Å². The molecule has 0 aliphatic rings. The highest BCUT2D eigenvalue weighted by atomic mass is 79.9. The molecule has 3 aromatic heterocycles. The fraction of sp³-hybridized carbons (Fsp3) is 0.250. The fourth-order valence-corrected chi connectivity index (χ4v) is 6.32. The maximum Gasteiger partial charge on any atom is 0.119 e. The van der Waals surface area contributed by atoms with Crippen LogP contribution in [-0.2, 0) is 6.42 Å². The van der Waals surface area contributed by atoms with E-state index in [2.05, 4.69) is 62.8 Å². The molecule has 4 aromatic rings. The van der Waals surface area contributed by atoms with Crippen molar-refractivity contribution in [2.75, 3.05) is 0 Å². The minimum absolute atomic E-state index is 0.708. The lowest BCUT2D eigenvalue weighted by atomic mass is 10.1. The van der Waals surface area contributed by atoms with Crippen LogP contribution in [-0.4, -0.2) is 8.75 Å². The van der Waals surface area contributed by atoms with Crippen molar-refractivity contribution in [2.24, 2.45) is 5.92 Å². The SMILES string of the molecule is CC(C)Cc1cc2sc(-c3ccc(Br)c4nsnc34)cc2s1. The van der Waals surface area contributed by atoms with Gasteiger partial charge in [-0.25, -0.2) is 0 Å². The highest BCUT2D eigenvalue weighted by molar-refractivity contribution is 9.10. The Kier molecular flexibility index (Phi) is 3.80. The maximum absolute atomic E-state index is 4.48. The third-order valence-electron chi connectivity index (χ3n) is 3.50. The molecule has 112 valence electrons. The second-order valence-corrected chi connectivity index (χ2v) is 9.34. The Bertz CT molecular complexity index is 933. The molecular weight excluding hydrogens is 396 g/mol. The van der Waals surface area contributed by atoms with Crippen LogP contribution in [0.2, 0.25) is 0 Å². The van der Waals surface area contributed by atoms with Gasteiger partial charge in [0.1, 0.15) is 11.0 Å². The second kappa shape index (κ2) is 5.67. The monoisotopic (exact) mass is 408 g/mol. The summed E-state index contributed by atoms with van der Waals surface area (Å²) in [5.41, 5.74) is 3.14. The number of nitrogens with zero attached hydrogens (tertiary/aromatic N) is 2. The molecule has 0 saturated heterocycles. The van der Waals surface area contributed by atoms with E-state index in [0.29, 0.717) is 5.92 Å². The topological polar surface area (TPSA) is 25.8 Å². The van der Waals surface area contributed by atoms with E-state index in [4.69, 9.17) is 0 Å². The summed E-state index contributed by atoms with van der Waals surface area (Å²) >= 11 is 8.60. The molecule has 2 nitrogen and oxygen atoms in total. The molecule has 0 unspecified atom stereocenters. The third kappa shape index (κ3) is 2.52. The van der Waals surface area contributed by atoms with Crippen molar-refractivity contribution < 1.29 is 0 Å². The Balaban J connectivity index is 1.81. The molecule has 0 fully saturated rings. The number of fused-ring (bicyclic) bond motifs is 2. The van der Waals surface area contributed by atoms with Crippen LogP contribution in [0.5, 0.6) is 0 Å². The molecule has 0 bridgehead atoms. The first-order valence-electron chi connectivity index (χ1n) is 7.05. The van der Waals surface area contributed by atoms with Crippen molar-refractivity contribution in [3.8, 4) is 10.4 Å². The summed E-state index contributed by atoms with van der Waals surface area (Å²) in [6, 6.07) is 8.86. The maximum atomic E-state index is 4.48. The number of hydrogen-bond acceptors (Lipinski definition) is 5. The molecule has 0 aliphatic carbocycles. The van der Waals surface area contributed by atoms with Crippen LogP contribution in [0.4, 0.5) is 0 Å². The molecule has 0 atom stereocenters. The first-order chi connectivity index (χ1) is 10.6. The Hall–Kier alpha value is -0.820. The van der Waals surface area contributed by atoms with E-state index in [1.165, 1.54) is 42.9 Å². The van der Waals surface area contributed by atoms with Crippen LogP contribution in [0.15, 0.2) is 28.7 Å². The van der Waals surface area contributed by atoms with Gasteiger partial charge in [0.2, 0.25) is 0 Å². The predicted octanol–water partition coefficient (Wildman–Crippen LogP) is 6.60. The van der Waals surface area contributed by atoms with E-state index < -0.39 is 0 Å². The summed E-state index contributed by atoms with van der Waals surface area (Å²) < 4.78 is 12.6. The minimum Gasteiger partial charge on any atom is -0.172 e. The van der Waals surface area contributed by atoms with Gasteiger partial charge in [0.25, 0.3) is 0 Å². The van der Waals surface area contributed by atoms with Crippen molar-refractivity contribution in [1.29, 1.82) is 0 Å². The van der Waals surface area contributed by atoms with Gasteiger partial charge in [-0.3, -0.25) is 0 Å². The highest BCUT2D eigenvalue weighted by Crippen LogP contribution is 2.41. The molecule has 6 heteroatoms. The van der Waals surface area contributed by atoms with Crippen LogP contribution in [0, 0.1) is 5.92 Å². The van der Waals surface area contributed by atoms with Gasteiger partial charge in [0.05, 0.1) is 11.7 Å². The first kappa shape index (κ1) is 14.8. The van der Waals surface area contributed by atoms with Gasteiger partial charge in [-0.05, 0) is 46.5 Å². The molecule has 3 heterocycles. The summed E-state index contributed by atoms with van der Waals surface area (Å²) in [5.74, 6) is 0.708.